The summed E-state index contributed by atoms with van der Waals surface area (Å²) in [7, 11) is 1.64. The molecule has 3 heteroatoms. The highest BCUT2D eigenvalue weighted by molar-refractivity contribution is 6.01. The van der Waals surface area contributed by atoms with Gasteiger partial charge in [-0.3, -0.25) is 0 Å². The molecular formula is C13H17NO2. The summed E-state index contributed by atoms with van der Waals surface area (Å²) >= 11 is 0. The number of hydrogen-bond donors (Lipinski definition) is 0. The molecule has 0 unspecified atom stereocenters. The number of methoxy groups -OCH3 is 1. The highest BCUT2D eigenvalue weighted by Crippen LogP contribution is 2.05. The van der Waals surface area contributed by atoms with Gasteiger partial charge in [-0.05, 0) is 6.92 Å². The number of oxime groups is 1. The maximum atomic E-state index is 5.08. The van der Waals surface area contributed by atoms with Crippen LogP contribution in [0.5, 0.6) is 0 Å². The third-order valence-electron chi connectivity index (χ3n) is 2.03. The highest BCUT2D eigenvalue weighted by Gasteiger charge is 2.03. The minimum absolute atomic E-state index is 0.402. The highest BCUT2D eigenvalue weighted by atomic mass is 16.6. The van der Waals surface area contributed by atoms with E-state index in [1.54, 1.807) is 13.2 Å². The van der Waals surface area contributed by atoms with Gasteiger partial charge in [0.05, 0.1) is 6.61 Å². The first-order valence-corrected chi connectivity index (χ1v) is 5.13. The first-order chi connectivity index (χ1) is 7.77. The van der Waals surface area contributed by atoms with Gasteiger partial charge in [-0.15, -0.1) is 0 Å². The minimum atomic E-state index is 0.402. The van der Waals surface area contributed by atoms with Crippen molar-refractivity contribution in [2.75, 3.05) is 20.3 Å². The molecule has 0 aliphatic rings. The summed E-state index contributed by atoms with van der Waals surface area (Å²) in [6.45, 7) is 6.44. The summed E-state index contributed by atoms with van der Waals surface area (Å²) in [6.07, 6.45) is 1.66. The Kier molecular flexibility index (Phi) is 5.29. The molecular weight excluding hydrogens is 202 g/mol. The van der Waals surface area contributed by atoms with Crippen molar-refractivity contribution in [1.29, 1.82) is 0 Å². The van der Waals surface area contributed by atoms with E-state index >= 15 is 0 Å². The van der Waals surface area contributed by atoms with E-state index in [-0.39, 0.29) is 0 Å². The van der Waals surface area contributed by atoms with Crippen LogP contribution in [0.2, 0.25) is 0 Å². The summed E-state index contributed by atoms with van der Waals surface area (Å²) in [4.78, 5) is 5.07. The fourth-order valence-corrected chi connectivity index (χ4v) is 1.21. The van der Waals surface area contributed by atoms with Gasteiger partial charge < -0.3 is 9.57 Å². The van der Waals surface area contributed by atoms with Gasteiger partial charge in [-0.2, -0.15) is 0 Å². The Balaban J connectivity index is 2.79. The van der Waals surface area contributed by atoms with Gasteiger partial charge in [0.2, 0.25) is 0 Å². The number of rotatable bonds is 6. The second kappa shape index (κ2) is 6.80. The number of aryl methyl sites for hydroxylation is 1. The van der Waals surface area contributed by atoms with Crippen molar-refractivity contribution in [3.05, 3.63) is 48.0 Å². The Bertz CT molecular complexity index is 355. The zero-order valence-corrected chi connectivity index (χ0v) is 9.77. The van der Waals surface area contributed by atoms with Crippen molar-refractivity contribution < 1.29 is 9.57 Å². The second-order valence-corrected chi connectivity index (χ2v) is 3.42. The van der Waals surface area contributed by atoms with Gasteiger partial charge in [-0.25, -0.2) is 0 Å². The molecule has 1 aromatic rings. The van der Waals surface area contributed by atoms with Crippen molar-refractivity contribution in [3.8, 4) is 0 Å². The number of ether oxygens (including phenoxy) is 1. The molecule has 1 aromatic carbocycles. The predicted octanol–water partition coefficient (Wildman–Crippen LogP) is 2.55. The van der Waals surface area contributed by atoms with Crippen LogP contribution in [-0.4, -0.2) is 26.0 Å². The zero-order valence-electron chi connectivity index (χ0n) is 9.77. The van der Waals surface area contributed by atoms with E-state index in [1.807, 2.05) is 31.2 Å². The van der Waals surface area contributed by atoms with Gasteiger partial charge in [-0.1, -0.05) is 47.6 Å². The lowest BCUT2D eigenvalue weighted by Gasteiger charge is -2.05. The van der Waals surface area contributed by atoms with Crippen molar-refractivity contribution in [2.45, 2.75) is 6.92 Å². The lowest BCUT2D eigenvalue weighted by atomic mass is 10.1. The molecule has 3 nitrogen and oxygen atoms in total. The van der Waals surface area contributed by atoms with E-state index < -0.39 is 0 Å². The summed E-state index contributed by atoms with van der Waals surface area (Å²) in [5.74, 6) is 0. The van der Waals surface area contributed by atoms with E-state index in [1.165, 1.54) is 5.56 Å². The first-order valence-electron chi connectivity index (χ1n) is 5.13. The van der Waals surface area contributed by atoms with E-state index in [0.717, 1.165) is 11.3 Å². The molecule has 0 fully saturated rings. The van der Waals surface area contributed by atoms with Crippen LogP contribution < -0.4 is 0 Å². The summed E-state index contributed by atoms with van der Waals surface area (Å²) in [6, 6.07) is 8.08. The topological polar surface area (TPSA) is 30.8 Å². The summed E-state index contributed by atoms with van der Waals surface area (Å²) in [5, 5.41) is 4.02. The summed E-state index contributed by atoms with van der Waals surface area (Å²) < 4.78 is 5.08. The monoisotopic (exact) mass is 219 g/mol. The zero-order chi connectivity index (χ0) is 11.8. The first kappa shape index (κ1) is 12.5. The van der Waals surface area contributed by atoms with Crippen LogP contribution >= 0.6 is 0 Å². The Hall–Kier alpha value is -1.61. The third kappa shape index (κ3) is 3.87. The molecule has 0 radical (unpaired) electrons. The largest absolute Gasteiger partial charge is 0.391 e. The van der Waals surface area contributed by atoms with Crippen LogP contribution in [0, 0.1) is 6.92 Å². The fraction of sp³-hybridized carbons (Fsp3) is 0.308. The van der Waals surface area contributed by atoms with Crippen LogP contribution in [0.25, 0.3) is 0 Å². The molecule has 0 aliphatic carbocycles. The Morgan fingerprint density at radius 1 is 1.38 bits per heavy atom. The van der Waals surface area contributed by atoms with Crippen molar-refractivity contribution >= 4 is 5.71 Å². The lowest BCUT2D eigenvalue weighted by Crippen LogP contribution is -2.09. The van der Waals surface area contributed by atoms with Crippen LogP contribution in [0.3, 0.4) is 0 Å². The van der Waals surface area contributed by atoms with Crippen LogP contribution in [0.15, 0.2) is 42.1 Å². The predicted molar refractivity (Wildman–Crippen MR) is 65.7 cm³/mol. The normalized spacial score (nSPS) is 11.2. The van der Waals surface area contributed by atoms with Crippen molar-refractivity contribution in [1.82, 2.24) is 0 Å². The summed E-state index contributed by atoms with van der Waals surface area (Å²) in [5.41, 5.74) is 3.01. The van der Waals surface area contributed by atoms with Gasteiger partial charge >= 0.3 is 0 Å². The molecule has 0 atom stereocenters. The SMILES string of the molecule is C=CCON=C(COC)c1ccc(C)cc1. The molecule has 0 amide bonds. The molecule has 0 aliphatic heterocycles. The van der Waals surface area contributed by atoms with Crippen molar-refractivity contribution in [3.63, 3.8) is 0 Å². The molecule has 0 saturated carbocycles. The molecule has 0 heterocycles. The molecule has 16 heavy (non-hydrogen) atoms. The van der Waals surface area contributed by atoms with E-state index in [4.69, 9.17) is 9.57 Å². The van der Waals surface area contributed by atoms with Crippen LogP contribution in [0.1, 0.15) is 11.1 Å². The number of nitrogens with zero attached hydrogens (tertiary/aromatic N) is 1. The smallest absolute Gasteiger partial charge is 0.135 e. The minimum Gasteiger partial charge on any atom is -0.391 e. The van der Waals surface area contributed by atoms with E-state index in [0.29, 0.717) is 13.2 Å². The quantitative estimate of drug-likeness (QED) is 0.318. The Morgan fingerprint density at radius 3 is 2.62 bits per heavy atom. The standard InChI is InChI=1S/C13H17NO2/c1-4-9-16-14-13(10-15-3)12-7-5-11(2)6-8-12/h4-8H,1,9-10H2,2-3H3. The van der Waals surface area contributed by atoms with Gasteiger partial charge in [0.1, 0.15) is 12.3 Å². The van der Waals surface area contributed by atoms with E-state index in [2.05, 4.69) is 11.7 Å². The van der Waals surface area contributed by atoms with Crippen molar-refractivity contribution in [2.24, 2.45) is 5.16 Å². The third-order valence-corrected chi connectivity index (χ3v) is 2.03. The molecule has 1 rings (SSSR count). The van der Waals surface area contributed by atoms with Gasteiger partial charge in [0.15, 0.2) is 0 Å². The average Bonchev–Trinajstić information content (AvgIpc) is 2.29. The fourth-order valence-electron chi connectivity index (χ4n) is 1.21. The maximum Gasteiger partial charge on any atom is 0.135 e. The molecule has 0 N–H and O–H groups in total. The van der Waals surface area contributed by atoms with Gasteiger partial charge in [0, 0.05) is 12.7 Å². The van der Waals surface area contributed by atoms with Crippen LogP contribution in [0.4, 0.5) is 0 Å². The molecule has 0 aromatic heterocycles. The number of hydrogen-bond acceptors (Lipinski definition) is 3. The lowest BCUT2D eigenvalue weighted by molar-refractivity contribution is 0.168. The maximum absolute atomic E-state index is 5.08. The molecule has 86 valence electrons. The second-order valence-electron chi connectivity index (χ2n) is 3.42. The Labute approximate surface area is 96.4 Å². The number of benzene rings is 1. The van der Waals surface area contributed by atoms with Crippen LogP contribution in [-0.2, 0) is 9.57 Å². The Morgan fingerprint density at radius 2 is 2.06 bits per heavy atom. The molecule has 0 bridgehead atoms. The van der Waals surface area contributed by atoms with E-state index in [9.17, 15) is 0 Å². The average molecular weight is 219 g/mol. The molecule has 0 spiro atoms. The molecule has 0 saturated heterocycles. The van der Waals surface area contributed by atoms with Gasteiger partial charge in [0.25, 0.3) is 0 Å².